The van der Waals surface area contributed by atoms with Gasteiger partial charge in [-0.05, 0) is 48.9 Å². The zero-order valence-electron chi connectivity index (χ0n) is 9.29. The number of nitrogens with one attached hydrogen (secondary N) is 1. The van der Waals surface area contributed by atoms with E-state index in [2.05, 4.69) is 10.3 Å². The Morgan fingerprint density at radius 2 is 1.81 bits per heavy atom. The second-order valence-corrected chi connectivity index (χ2v) is 3.67. The van der Waals surface area contributed by atoms with E-state index in [9.17, 15) is 4.39 Å². The summed E-state index contributed by atoms with van der Waals surface area (Å²) in [6.07, 6.45) is 0. The normalized spacial score (nSPS) is 10.2. The van der Waals surface area contributed by atoms with Gasteiger partial charge in [-0.25, -0.2) is 9.37 Å². The first-order valence-electron chi connectivity index (χ1n) is 5.11. The third-order valence-corrected chi connectivity index (χ3v) is 2.37. The zero-order chi connectivity index (χ0) is 11.5. The Morgan fingerprint density at radius 1 is 1.12 bits per heavy atom. The molecule has 3 heteroatoms. The highest BCUT2D eigenvalue weighted by atomic mass is 19.1. The van der Waals surface area contributed by atoms with Crippen LogP contribution in [-0.4, -0.2) is 12.0 Å². The van der Waals surface area contributed by atoms with Crippen LogP contribution in [0.2, 0.25) is 0 Å². The van der Waals surface area contributed by atoms with Crippen LogP contribution in [-0.2, 0) is 0 Å². The fourth-order valence-electron chi connectivity index (χ4n) is 1.56. The lowest BCUT2D eigenvalue weighted by Gasteiger charge is -2.06. The Kier molecular flexibility index (Phi) is 2.86. The SMILES string of the molecule is CNc1cc(C)cc(-c2ccc(F)cc2)n1. The molecule has 0 radical (unpaired) electrons. The number of hydrogen-bond donors (Lipinski definition) is 1. The molecule has 2 aromatic rings. The first-order chi connectivity index (χ1) is 7.69. The molecule has 1 heterocycles. The largest absolute Gasteiger partial charge is 0.373 e. The molecule has 0 aliphatic carbocycles. The van der Waals surface area contributed by atoms with Gasteiger partial charge in [0.05, 0.1) is 5.69 Å². The molecule has 1 aromatic heterocycles. The lowest BCUT2D eigenvalue weighted by Crippen LogP contribution is -1.95. The maximum atomic E-state index is 12.8. The third kappa shape index (κ3) is 2.19. The van der Waals surface area contributed by atoms with E-state index in [4.69, 9.17) is 0 Å². The number of hydrogen-bond acceptors (Lipinski definition) is 2. The van der Waals surface area contributed by atoms with E-state index in [0.29, 0.717) is 0 Å². The van der Waals surface area contributed by atoms with Crippen molar-refractivity contribution in [3.05, 3.63) is 47.8 Å². The van der Waals surface area contributed by atoms with Crippen molar-refractivity contribution in [2.45, 2.75) is 6.92 Å². The van der Waals surface area contributed by atoms with E-state index in [0.717, 1.165) is 22.6 Å². The van der Waals surface area contributed by atoms with E-state index in [1.165, 1.54) is 12.1 Å². The van der Waals surface area contributed by atoms with Crippen LogP contribution in [0.3, 0.4) is 0 Å². The summed E-state index contributed by atoms with van der Waals surface area (Å²) in [7, 11) is 1.83. The van der Waals surface area contributed by atoms with Crippen molar-refractivity contribution in [2.75, 3.05) is 12.4 Å². The lowest BCUT2D eigenvalue weighted by molar-refractivity contribution is 0.628. The molecule has 1 N–H and O–H groups in total. The smallest absolute Gasteiger partial charge is 0.126 e. The zero-order valence-corrected chi connectivity index (χ0v) is 9.29. The molecule has 0 saturated heterocycles. The Bertz CT molecular complexity index is 492. The Labute approximate surface area is 94.2 Å². The van der Waals surface area contributed by atoms with Crippen molar-refractivity contribution < 1.29 is 4.39 Å². The second-order valence-electron chi connectivity index (χ2n) is 3.67. The number of nitrogens with zero attached hydrogens (tertiary/aromatic N) is 1. The van der Waals surface area contributed by atoms with Gasteiger partial charge in [-0.15, -0.1) is 0 Å². The summed E-state index contributed by atoms with van der Waals surface area (Å²) in [6, 6.07) is 10.3. The summed E-state index contributed by atoms with van der Waals surface area (Å²) in [6.45, 7) is 2.01. The van der Waals surface area contributed by atoms with Crippen molar-refractivity contribution in [3.8, 4) is 11.3 Å². The summed E-state index contributed by atoms with van der Waals surface area (Å²) in [5.74, 6) is 0.588. The summed E-state index contributed by atoms with van der Waals surface area (Å²) in [4.78, 5) is 4.42. The van der Waals surface area contributed by atoms with Gasteiger partial charge in [-0.3, -0.25) is 0 Å². The number of rotatable bonds is 2. The van der Waals surface area contributed by atoms with Crippen molar-refractivity contribution in [3.63, 3.8) is 0 Å². The van der Waals surface area contributed by atoms with Crippen molar-refractivity contribution in [1.29, 1.82) is 0 Å². The van der Waals surface area contributed by atoms with E-state index < -0.39 is 0 Å². The summed E-state index contributed by atoms with van der Waals surface area (Å²) in [5.41, 5.74) is 2.89. The summed E-state index contributed by atoms with van der Waals surface area (Å²) >= 11 is 0. The molecule has 0 aliphatic rings. The second kappa shape index (κ2) is 4.31. The monoisotopic (exact) mass is 216 g/mol. The van der Waals surface area contributed by atoms with Gasteiger partial charge < -0.3 is 5.32 Å². The number of halogens is 1. The first-order valence-corrected chi connectivity index (χ1v) is 5.11. The molecule has 0 atom stereocenters. The van der Waals surface area contributed by atoms with Crippen LogP contribution in [0.15, 0.2) is 36.4 Å². The van der Waals surface area contributed by atoms with Crippen molar-refractivity contribution in [1.82, 2.24) is 4.98 Å². The van der Waals surface area contributed by atoms with Crippen LogP contribution in [0, 0.1) is 12.7 Å². The Morgan fingerprint density at radius 3 is 2.44 bits per heavy atom. The average Bonchev–Trinajstić information content (AvgIpc) is 2.29. The average molecular weight is 216 g/mol. The molecule has 0 unspecified atom stereocenters. The molecule has 0 bridgehead atoms. The molecule has 0 saturated carbocycles. The van der Waals surface area contributed by atoms with Crippen LogP contribution in [0.4, 0.5) is 10.2 Å². The van der Waals surface area contributed by atoms with Gasteiger partial charge in [0.1, 0.15) is 11.6 Å². The molecule has 0 aliphatic heterocycles. The van der Waals surface area contributed by atoms with E-state index in [1.807, 2.05) is 26.1 Å². The van der Waals surface area contributed by atoms with Gasteiger partial charge in [0.2, 0.25) is 0 Å². The fourth-order valence-corrected chi connectivity index (χ4v) is 1.56. The van der Waals surface area contributed by atoms with Crippen LogP contribution in [0.1, 0.15) is 5.56 Å². The molecule has 82 valence electrons. The van der Waals surface area contributed by atoms with Gasteiger partial charge in [0, 0.05) is 12.6 Å². The van der Waals surface area contributed by atoms with Crippen LogP contribution >= 0.6 is 0 Å². The number of benzene rings is 1. The van der Waals surface area contributed by atoms with Crippen LogP contribution in [0.25, 0.3) is 11.3 Å². The van der Waals surface area contributed by atoms with Gasteiger partial charge in [-0.2, -0.15) is 0 Å². The van der Waals surface area contributed by atoms with E-state index in [-0.39, 0.29) is 5.82 Å². The molecule has 0 amide bonds. The van der Waals surface area contributed by atoms with E-state index >= 15 is 0 Å². The molecule has 2 rings (SSSR count). The molecular formula is C13H13FN2. The molecule has 2 nitrogen and oxygen atoms in total. The molecule has 0 fully saturated rings. The van der Waals surface area contributed by atoms with Gasteiger partial charge in [0.25, 0.3) is 0 Å². The lowest BCUT2D eigenvalue weighted by atomic mass is 10.1. The first kappa shape index (κ1) is 10.6. The number of aromatic nitrogens is 1. The molecular weight excluding hydrogens is 203 g/mol. The minimum atomic E-state index is -0.231. The molecule has 16 heavy (non-hydrogen) atoms. The highest BCUT2D eigenvalue weighted by Crippen LogP contribution is 2.20. The third-order valence-electron chi connectivity index (χ3n) is 2.37. The molecule has 1 aromatic carbocycles. The highest BCUT2D eigenvalue weighted by molar-refractivity contribution is 5.62. The standard InChI is InChI=1S/C13H13FN2/c1-9-7-12(16-13(8-9)15-2)10-3-5-11(14)6-4-10/h3-8H,1-2H3,(H,15,16). The van der Waals surface area contributed by atoms with Gasteiger partial charge in [-0.1, -0.05) is 0 Å². The number of anilines is 1. The predicted molar refractivity (Wildman–Crippen MR) is 63.9 cm³/mol. The fraction of sp³-hybridized carbons (Fsp3) is 0.154. The van der Waals surface area contributed by atoms with Crippen LogP contribution in [0.5, 0.6) is 0 Å². The quantitative estimate of drug-likeness (QED) is 0.833. The van der Waals surface area contributed by atoms with Gasteiger partial charge in [0.15, 0.2) is 0 Å². The number of aryl methyl sites for hydroxylation is 1. The van der Waals surface area contributed by atoms with Crippen molar-refractivity contribution >= 4 is 5.82 Å². The summed E-state index contributed by atoms with van der Waals surface area (Å²) in [5, 5.41) is 3.00. The van der Waals surface area contributed by atoms with Gasteiger partial charge >= 0.3 is 0 Å². The minimum Gasteiger partial charge on any atom is -0.373 e. The maximum Gasteiger partial charge on any atom is 0.126 e. The Balaban J connectivity index is 2.47. The predicted octanol–water partition coefficient (Wildman–Crippen LogP) is 3.24. The van der Waals surface area contributed by atoms with Crippen molar-refractivity contribution in [2.24, 2.45) is 0 Å². The minimum absolute atomic E-state index is 0.231. The maximum absolute atomic E-state index is 12.8. The summed E-state index contributed by atoms with van der Waals surface area (Å²) < 4.78 is 12.8. The van der Waals surface area contributed by atoms with Crippen LogP contribution < -0.4 is 5.32 Å². The van der Waals surface area contributed by atoms with E-state index in [1.54, 1.807) is 12.1 Å². The molecule has 0 spiro atoms. The Hall–Kier alpha value is -1.90. The number of pyridine rings is 1. The topological polar surface area (TPSA) is 24.9 Å². The highest BCUT2D eigenvalue weighted by Gasteiger charge is 2.02.